The molecule has 0 amide bonds. The average molecular weight is 745 g/mol. The van der Waals surface area contributed by atoms with Crippen LogP contribution in [-0.4, -0.2) is 27.0 Å². The molecule has 3 heterocycles. The molecule has 0 bridgehead atoms. The molecule has 56 heavy (non-hydrogen) atoms. The Bertz CT molecular complexity index is 2710. The summed E-state index contributed by atoms with van der Waals surface area (Å²) in [5.41, 5.74) is 8.02. The van der Waals surface area contributed by atoms with Gasteiger partial charge in [-0.3, -0.25) is 18.9 Å². The van der Waals surface area contributed by atoms with Gasteiger partial charge in [-0.05, 0) is 106 Å². The van der Waals surface area contributed by atoms with Gasteiger partial charge in [0, 0.05) is 42.4 Å². The molecule has 0 spiro atoms. The lowest BCUT2D eigenvalue weighted by molar-refractivity contribution is 0.384. The number of nitrogens with zero attached hydrogens (tertiary/aromatic N) is 4. The lowest BCUT2D eigenvalue weighted by Crippen LogP contribution is -2.41. The fourth-order valence-electron chi connectivity index (χ4n) is 9.54. The molecule has 3 aliphatic rings. The summed E-state index contributed by atoms with van der Waals surface area (Å²) in [6.45, 7) is 13.5. The second-order valence-electron chi connectivity index (χ2n) is 16.6. The smallest absolute Gasteiger partial charge is 0.333 e. The molecule has 1 N–H and O–H groups in total. The van der Waals surface area contributed by atoms with E-state index in [0.717, 1.165) is 41.1 Å². The molecule has 286 valence electrons. The lowest BCUT2D eigenvalue weighted by atomic mass is 9.78. The number of hydrogen-bond acceptors (Lipinski definition) is 5. The van der Waals surface area contributed by atoms with Gasteiger partial charge in [0.2, 0.25) is 5.88 Å². The van der Waals surface area contributed by atoms with Crippen molar-refractivity contribution in [1.29, 1.82) is 0 Å². The van der Waals surface area contributed by atoms with E-state index in [2.05, 4.69) is 137 Å². The molecule has 0 unspecified atom stereocenters. The minimum atomic E-state index is -0.465. The molecule has 7 heteroatoms. The lowest BCUT2D eigenvalue weighted by Gasteiger charge is -2.26. The van der Waals surface area contributed by atoms with E-state index in [1.807, 2.05) is 13.8 Å². The molecular weight excluding hydrogens is 693 g/mol. The Labute approximate surface area is 329 Å². The van der Waals surface area contributed by atoms with Crippen LogP contribution >= 0.6 is 0 Å². The van der Waals surface area contributed by atoms with Crippen molar-refractivity contribution in [3.05, 3.63) is 151 Å². The maximum atomic E-state index is 14.5. The van der Waals surface area contributed by atoms with Gasteiger partial charge in [0.1, 0.15) is 5.56 Å². The van der Waals surface area contributed by atoms with Crippen LogP contribution in [0.5, 0.6) is 5.88 Å². The Morgan fingerprint density at radius 2 is 1.39 bits per heavy atom. The van der Waals surface area contributed by atoms with Crippen LogP contribution in [0.25, 0.3) is 27.1 Å². The molecule has 0 fully saturated rings. The predicted molar refractivity (Wildman–Crippen MR) is 233 cm³/mol. The van der Waals surface area contributed by atoms with Gasteiger partial charge in [0.15, 0.2) is 0 Å². The zero-order valence-electron chi connectivity index (χ0n) is 33.7. The Morgan fingerprint density at radius 3 is 2.09 bits per heavy atom. The first kappa shape index (κ1) is 37.2. The van der Waals surface area contributed by atoms with Gasteiger partial charge < -0.3 is 10.0 Å². The third-order valence-electron chi connectivity index (χ3n) is 12.3. The standard InChI is InChI=1S/C49H52N4O3/c1-8-29-52-45(54)42(46(55)53(30-9-2)47(52)56)41-33(23-27-39-48(3,4)43-35-19-12-10-15-31(35)21-25-37(43)50-39)17-14-18-34(41)24-28-40-49(5,6)44-36-20-13-11-16-32(36)22-26-38(44)51(40)7/h10-13,15-16,19-28,54H,8-9,14,17-18,29-30H2,1-7H3/b27-23+,34-24+,40-28+. The number of allylic oxidation sites excluding steroid dienone is 8. The van der Waals surface area contributed by atoms with Gasteiger partial charge in [0.05, 0.1) is 11.4 Å². The van der Waals surface area contributed by atoms with E-state index < -0.39 is 11.2 Å². The van der Waals surface area contributed by atoms with E-state index >= 15 is 0 Å². The first-order chi connectivity index (χ1) is 26.9. The quantitative estimate of drug-likeness (QED) is 0.172. The van der Waals surface area contributed by atoms with Crippen LogP contribution in [0.2, 0.25) is 0 Å². The van der Waals surface area contributed by atoms with Crippen LogP contribution in [-0.2, 0) is 23.9 Å². The minimum absolute atomic E-state index is 0.200. The van der Waals surface area contributed by atoms with Crippen LogP contribution in [0.3, 0.4) is 0 Å². The molecule has 4 aromatic carbocycles. The number of benzene rings is 4. The van der Waals surface area contributed by atoms with Crippen LogP contribution < -0.4 is 16.1 Å². The zero-order chi connectivity index (χ0) is 39.5. The topological polar surface area (TPSA) is 79.8 Å². The summed E-state index contributed by atoms with van der Waals surface area (Å²) < 4.78 is 2.69. The Kier molecular flexibility index (Phi) is 9.38. The van der Waals surface area contributed by atoms with Crippen molar-refractivity contribution >= 4 is 44.2 Å². The maximum Gasteiger partial charge on any atom is 0.333 e. The minimum Gasteiger partial charge on any atom is -0.494 e. The predicted octanol–water partition coefficient (Wildman–Crippen LogP) is 10.6. The summed E-state index contributed by atoms with van der Waals surface area (Å²) in [4.78, 5) is 35.6. The molecule has 2 aliphatic heterocycles. The van der Waals surface area contributed by atoms with Gasteiger partial charge in [0.25, 0.3) is 5.56 Å². The number of aliphatic imine (C=N–C) groups is 1. The van der Waals surface area contributed by atoms with Crippen molar-refractivity contribution < 1.29 is 5.11 Å². The van der Waals surface area contributed by atoms with Crippen molar-refractivity contribution in [2.45, 2.75) is 97.6 Å². The van der Waals surface area contributed by atoms with Gasteiger partial charge in [-0.2, -0.15) is 0 Å². The van der Waals surface area contributed by atoms with Crippen molar-refractivity contribution in [3.8, 4) is 5.88 Å². The molecule has 0 saturated carbocycles. The largest absolute Gasteiger partial charge is 0.494 e. The van der Waals surface area contributed by atoms with Crippen molar-refractivity contribution in [2.24, 2.45) is 4.99 Å². The summed E-state index contributed by atoms with van der Waals surface area (Å²) in [6, 6.07) is 25.7. The fourth-order valence-corrected chi connectivity index (χ4v) is 9.54. The first-order valence-corrected chi connectivity index (χ1v) is 20.2. The van der Waals surface area contributed by atoms with Crippen LogP contribution in [0.15, 0.2) is 129 Å². The third-order valence-corrected chi connectivity index (χ3v) is 12.3. The Hall–Kier alpha value is -5.69. The fraction of sp³-hybridized carbons (Fsp3) is 0.327. The van der Waals surface area contributed by atoms with Gasteiger partial charge in [-0.15, -0.1) is 0 Å². The summed E-state index contributed by atoms with van der Waals surface area (Å²) in [5.74, 6) is -0.259. The van der Waals surface area contributed by atoms with Crippen LogP contribution in [0, 0.1) is 0 Å². The molecule has 7 nitrogen and oxygen atoms in total. The van der Waals surface area contributed by atoms with E-state index in [4.69, 9.17) is 4.99 Å². The van der Waals surface area contributed by atoms with Crippen molar-refractivity contribution in [2.75, 3.05) is 11.9 Å². The molecule has 1 aromatic heterocycles. The highest BCUT2D eigenvalue weighted by Crippen LogP contribution is 2.50. The monoisotopic (exact) mass is 744 g/mol. The van der Waals surface area contributed by atoms with Gasteiger partial charge in [-0.1, -0.05) is 114 Å². The Balaban J connectivity index is 1.32. The summed E-state index contributed by atoms with van der Waals surface area (Å²) >= 11 is 0. The maximum absolute atomic E-state index is 14.5. The Morgan fingerprint density at radius 1 is 0.750 bits per heavy atom. The molecule has 0 radical (unpaired) electrons. The number of aromatic hydroxyl groups is 1. The zero-order valence-corrected chi connectivity index (χ0v) is 33.7. The second kappa shape index (κ2) is 14.1. The highest BCUT2D eigenvalue weighted by molar-refractivity contribution is 6.12. The summed E-state index contributed by atoms with van der Waals surface area (Å²) in [6.07, 6.45) is 12.1. The van der Waals surface area contributed by atoms with Crippen LogP contribution in [0.4, 0.5) is 11.4 Å². The number of fused-ring (bicyclic) bond motifs is 6. The number of hydrogen-bond donors (Lipinski definition) is 1. The molecule has 1 aliphatic carbocycles. The highest BCUT2D eigenvalue weighted by atomic mass is 16.3. The molecule has 8 rings (SSSR count). The van der Waals surface area contributed by atoms with E-state index in [9.17, 15) is 14.7 Å². The molecular formula is C49H52N4O3. The number of rotatable bonds is 8. The highest BCUT2D eigenvalue weighted by Gasteiger charge is 2.40. The van der Waals surface area contributed by atoms with E-state index in [1.54, 1.807) is 0 Å². The summed E-state index contributed by atoms with van der Waals surface area (Å²) in [7, 11) is 2.12. The van der Waals surface area contributed by atoms with Crippen LogP contribution in [0.1, 0.15) is 90.3 Å². The van der Waals surface area contributed by atoms with Gasteiger partial charge in [-0.25, -0.2) is 4.79 Å². The second-order valence-corrected chi connectivity index (χ2v) is 16.6. The van der Waals surface area contributed by atoms with E-state index in [1.165, 1.54) is 47.5 Å². The molecule has 0 saturated heterocycles. The number of aromatic nitrogens is 2. The average Bonchev–Trinajstić information content (AvgIpc) is 3.57. The normalized spacial score (nSPS) is 18.8. The SMILES string of the molecule is CCCn1c(O)c(C2=C(/C=C/C3=Nc4ccc5ccccc5c4C3(C)C)CCC/C2=C\C=C2\N(C)c3ccc4ccccc4c3C2(C)C)c(=O)n(CCC)c1=O. The van der Waals surface area contributed by atoms with Crippen molar-refractivity contribution in [1.82, 2.24) is 9.13 Å². The molecule has 5 aromatic rings. The van der Waals surface area contributed by atoms with Gasteiger partial charge >= 0.3 is 5.69 Å². The van der Waals surface area contributed by atoms with E-state index in [0.29, 0.717) is 31.4 Å². The van der Waals surface area contributed by atoms with E-state index in [-0.39, 0.29) is 28.8 Å². The number of likely N-dealkylation sites (N-methyl/N-ethyl adjacent to an activating group) is 1. The summed E-state index contributed by atoms with van der Waals surface area (Å²) in [5, 5.41) is 16.8. The first-order valence-electron chi connectivity index (χ1n) is 20.2. The third kappa shape index (κ3) is 5.82. The molecule has 0 atom stereocenters. The van der Waals surface area contributed by atoms with Crippen molar-refractivity contribution in [3.63, 3.8) is 0 Å². The number of anilines is 1.